The molecule has 0 spiro atoms. The van der Waals surface area contributed by atoms with Crippen molar-refractivity contribution in [2.75, 3.05) is 19.7 Å². The predicted octanol–water partition coefficient (Wildman–Crippen LogP) is 2.08. The van der Waals surface area contributed by atoms with Gasteiger partial charge >= 0.3 is 0 Å². The zero-order valence-electron chi connectivity index (χ0n) is 13.2. The van der Waals surface area contributed by atoms with Gasteiger partial charge in [-0.2, -0.15) is 0 Å². The molecule has 2 atom stereocenters. The molecule has 3 rings (SSSR count). The molecule has 1 aromatic carbocycles. The quantitative estimate of drug-likeness (QED) is 0.866. The molecule has 0 bridgehead atoms. The van der Waals surface area contributed by atoms with Crippen molar-refractivity contribution < 1.29 is 18.7 Å². The number of aromatic nitrogens is 1. The highest BCUT2D eigenvalue weighted by Crippen LogP contribution is 2.29. The standard InChI is InChI=1S/C17H17ClFN3O3/c18-11-4-3-10(8-12(11)19)16-14(9-21-6-7-24-16)25-13-2-1-5-22-15(13)17(20)23/h1-5,8,14,16,21H,6-7,9H2,(H2,20,23)/t14-,16+/m1/s1. The van der Waals surface area contributed by atoms with Crippen LogP contribution >= 0.6 is 11.6 Å². The number of nitrogens with zero attached hydrogens (tertiary/aromatic N) is 1. The van der Waals surface area contributed by atoms with Crippen molar-refractivity contribution in [2.24, 2.45) is 5.73 Å². The third-order valence-corrected chi connectivity index (χ3v) is 4.12. The molecule has 0 radical (unpaired) electrons. The molecule has 0 unspecified atom stereocenters. The Hall–Kier alpha value is -2.22. The van der Waals surface area contributed by atoms with E-state index in [0.717, 1.165) is 0 Å². The van der Waals surface area contributed by atoms with E-state index in [9.17, 15) is 9.18 Å². The van der Waals surface area contributed by atoms with Crippen LogP contribution in [0.4, 0.5) is 4.39 Å². The summed E-state index contributed by atoms with van der Waals surface area (Å²) in [5.41, 5.74) is 5.97. The number of nitrogens with one attached hydrogen (secondary N) is 1. The van der Waals surface area contributed by atoms with Gasteiger partial charge in [-0.15, -0.1) is 0 Å². The van der Waals surface area contributed by atoms with Gasteiger partial charge in [-0.1, -0.05) is 17.7 Å². The second-order valence-electron chi connectivity index (χ2n) is 5.54. The summed E-state index contributed by atoms with van der Waals surface area (Å²) in [6.45, 7) is 1.51. The molecule has 1 saturated heterocycles. The third kappa shape index (κ3) is 4.07. The highest BCUT2D eigenvalue weighted by molar-refractivity contribution is 6.30. The number of rotatable bonds is 4. The summed E-state index contributed by atoms with van der Waals surface area (Å²) >= 11 is 5.75. The summed E-state index contributed by atoms with van der Waals surface area (Å²) in [5, 5.41) is 3.22. The lowest BCUT2D eigenvalue weighted by molar-refractivity contribution is -0.00893. The van der Waals surface area contributed by atoms with Crippen molar-refractivity contribution in [3.8, 4) is 5.75 Å². The number of hydrogen-bond donors (Lipinski definition) is 2. The SMILES string of the molecule is NC(=O)c1ncccc1O[C@@H]1CNCCO[C@H]1c1ccc(Cl)c(F)c1. The molecule has 0 saturated carbocycles. The Morgan fingerprint density at radius 3 is 3.04 bits per heavy atom. The van der Waals surface area contributed by atoms with Crippen molar-refractivity contribution >= 4 is 17.5 Å². The zero-order valence-corrected chi connectivity index (χ0v) is 14.0. The number of primary amides is 1. The fourth-order valence-electron chi connectivity index (χ4n) is 2.65. The molecule has 1 amide bonds. The molecule has 1 aliphatic rings. The Bertz CT molecular complexity index is 775. The number of ether oxygens (including phenoxy) is 2. The molecule has 132 valence electrons. The highest BCUT2D eigenvalue weighted by Gasteiger charge is 2.29. The number of amides is 1. The van der Waals surface area contributed by atoms with E-state index in [2.05, 4.69) is 10.3 Å². The monoisotopic (exact) mass is 365 g/mol. The van der Waals surface area contributed by atoms with Crippen LogP contribution in [0.25, 0.3) is 0 Å². The van der Waals surface area contributed by atoms with Crippen molar-refractivity contribution in [3.05, 3.63) is 58.6 Å². The van der Waals surface area contributed by atoms with Gasteiger partial charge in [0.15, 0.2) is 11.4 Å². The number of carbonyl (C=O) groups excluding carboxylic acids is 1. The average Bonchev–Trinajstić information content (AvgIpc) is 2.83. The topological polar surface area (TPSA) is 86.5 Å². The molecule has 1 aromatic heterocycles. The number of carbonyl (C=O) groups is 1. The van der Waals surface area contributed by atoms with Crippen molar-refractivity contribution in [1.29, 1.82) is 0 Å². The largest absolute Gasteiger partial charge is 0.484 e. The zero-order chi connectivity index (χ0) is 17.8. The summed E-state index contributed by atoms with van der Waals surface area (Å²) in [6, 6.07) is 7.74. The maximum atomic E-state index is 13.8. The van der Waals surface area contributed by atoms with E-state index >= 15 is 0 Å². The van der Waals surface area contributed by atoms with Crippen LogP contribution in [0.2, 0.25) is 5.02 Å². The summed E-state index contributed by atoms with van der Waals surface area (Å²) in [4.78, 5) is 15.5. The van der Waals surface area contributed by atoms with Crippen LogP contribution < -0.4 is 15.8 Å². The maximum Gasteiger partial charge on any atom is 0.271 e. The Morgan fingerprint density at radius 2 is 2.28 bits per heavy atom. The lowest BCUT2D eigenvalue weighted by Crippen LogP contribution is -2.35. The molecule has 0 aliphatic carbocycles. The van der Waals surface area contributed by atoms with Crippen LogP contribution in [0.3, 0.4) is 0 Å². The van der Waals surface area contributed by atoms with E-state index in [1.54, 1.807) is 18.2 Å². The minimum Gasteiger partial charge on any atom is -0.484 e. The van der Waals surface area contributed by atoms with E-state index < -0.39 is 23.9 Å². The molecule has 3 N–H and O–H groups in total. The normalized spacial score (nSPS) is 20.7. The Kier molecular flexibility index (Phi) is 5.47. The molecule has 2 heterocycles. The first-order chi connectivity index (χ1) is 12.1. The van der Waals surface area contributed by atoms with Crippen LogP contribution in [-0.4, -0.2) is 36.7 Å². The molecule has 2 aromatic rings. The first kappa shape index (κ1) is 17.6. The number of benzene rings is 1. The van der Waals surface area contributed by atoms with E-state index in [1.807, 2.05) is 0 Å². The molecular weight excluding hydrogens is 349 g/mol. The predicted molar refractivity (Wildman–Crippen MR) is 90.1 cm³/mol. The fourth-order valence-corrected chi connectivity index (χ4v) is 2.77. The van der Waals surface area contributed by atoms with Gasteiger partial charge in [0, 0.05) is 19.3 Å². The second-order valence-corrected chi connectivity index (χ2v) is 5.95. The number of hydrogen-bond acceptors (Lipinski definition) is 5. The van der Waals surface area contributed by atoms with Gasteiger partial charge in [-0.3, -0.25) is 4.79 Å². The van der Waals surface area contributed by atoms with Crippen LogP contribution in [-0.2, 0) is 4.74 Å². The number of halogens is 2. The van der Waals surface area contributed by atoms with Gasteiger partial charge < -0.3 is 20.5 Å². The molecule has 8 heteroatoms. The van der Waals surface area contributed by atoms with Crippen molar-refractivity contribution in [2.45, 2.75) is 12.2 Å². The summed E-state index contributed by atoms with van der Waals surface area (Å²) in [6.07, 6.45) is 0.411. The molecule has 6 nitrogen and oxygen atoms in total. The fraction of sp³-hybridized carbons (Fsp3) is 0.294. The first-order valence-electron chi connectivity index (χ1n) is 7.75. The van der Waals surface area contributed by atoms with Crippen LogP contribution in [0, 0.1) is 5.82 Å². The van der Waals surface area contributed by atoms with Crippen molar-refractivity contribution in [1.82, 2.24) is 10.3 Å². The molecule has 1 fully saturated rings. The Balaban J connectivity index is 1.91. The van der Waals surface area contributed by atoms with E-state index in [4.69, 9.17) is 26.8 Å². The van der Waals surface area contributed by atoms with E-state index in [0.29, 0.717) is 25.3 Å². The lowest BCUT2D eigenvalue weighted by atomic mass is 10.0. The van der Waals surface area contributed by atoms with Gasteiger partial charge in [0.05, 0.1) is 11.6 Å². The average molecular weight is 366 g/mol. The summed E-state index contributed by atoms with van der Waals surface area (Å²) in [5.74, 6) is -0.961. The van der Waals surface area contributed by atoms with E-state index in [-0.39, 0.29) is 16.5 Å². The van der Waals surface area contributed by atoms with Crippen LogP contribution in [0.1, 0.15) is 22.2 Å². The second kappa shape index (κ2) is 7.77. The number of nitrogens with two attached hydrogens (primary N) is 1. The van der Waals surface area contributed by atoms with Gasteiger partial charge in [0.2, 0.25) is 0 Å². The van der Waals surface area contributed by atoms with Crippen molar-refractivity contribution in [3.63, 3.8) is 0 Å². The lowest BCUT2D eigenvalue weighted by Gasteiger charge is -2.26. The van der Waals surface area contributed by atoms with Gasteiger partial charge in [0.1, 0.15) is 18.0 Å². The minimum atomic E-state index is -0.688. The highest BCUT2D eigenvalue weighted by atomic mass is 35.5. The Labute approximate surface area is 149 Å². The van der Waals surface area contributed by atoms with Crippen LogP contribution in [0.5, 0.6) is 5.75 Å². The van der Waals surface area contributed by atoms with Gasteiger partial charge in [-0.05, 0) is 29.8 Å². The molecule has 25 heavy (non-hydrogen) atoms. The summed E-state index contributed by atoms with van der Waals surface area (Å²) < 4.78 is 25.6. The smallest absolute Gasteiger partial charge is 0.271 e. The van der Waals surface area contributed by atoms with Crippen LogP contribution in [0.15, 0.2) is 36.5 Å². The van der Waals surface area contributed by atoms with Gasteiger partial charge in [-0.25, -0.2) is 9.37 Å². The minimum absolute atomic E-state index is 0.0350. The summed E-state index contributed by atoms with van der Waals surface area (Å²) in [7, 11) is 0. The van der Waals surface area contributed by atoms with E-state index in [1.165, 1.54) is 18.3 Å². The molecular formula is C17H17ClFN3O3. The van der Waals surface area contributed by atoms with Gasteiger partial charge in [0.25, 0.3) is 5.91 Å². The Morgan fingerprint density at radius 1 is 1.44 bits per heavy atom. The number of pyridine rings is 1. The third-order valence-electron chi connectivity index (χ3n) is 3.81. The maximum absolute atomic E-state index is 13.8. The first-order valence-corrected chi connectivity index (χ1v) is 8.13. The molecule has 1 aliphatic heterocycles.